The molecule has 0 bridgehead atoms. The van der Waals surface area contributed by atoms with Crippen LogP contribution in [0.2, 0.25) is 0 Å². The number of likely N-dealkylation sites (N-methyl/N-ethyl adjacent to an activating group) is 1. The summed E-state index contributed by atoms with van der Waals surface area (Å²) in [7, 11) is 5.63. The Morgan fingerprint density at radius 1 is 1.13 bits per heavy atom. The zero-order valence-electron chi connectivity index (χ0n) is 18.8. The van der Waals surface area contributed by atoms with E-state index in [1.807, 2.05) is 24.3 Å². The Labute approximate surface area is 185 Å². The third kappa shape index (κ3) is 4.35. The van der Waals surface area contributed by atoms with Gasteiger partial charge in [-0.3, -0.25) is 0 Å². The van der Waals surface area contributed by atoms with Gasteiger partial charge in [-0.05, 0) is 62.5 Å². The maximum absolute atomic E-state index is 6.23. The Bertz CT molecular complexity index is 917. The van der Waals surface area contributed by atoms with Crippen LogP contribution in [-0.2, 0) is 12.0 Å². The molecule has 0 spiro atoms. The zero-order valence-corrected chi connectivity index (χ0v) is 18.8. The van der Waals surface area contributed by atoms with Crippen LogP contribution in [0.1, 0.15) is 36.8 Å². The Morgan fingerprint density at radius 2 is 1.90 bits per heavy atom. The van der Waals surface area contributed by atoms with Crippen LogP contribution in [0.15, 0.2) is 53.5 Å². The number of rotatable bonds is 6. The fraction of sp³-hybridized carbons (Fsp3) is 0.480. The predicted octanol–water partition coefficient (Wildman–Crippen LogP) is 3.30. The van der Waals surface area contributed by atoms with Crippen molar-refractivity contribution >= 4 is 5.96 Å². The van der Waals surface area contributed by atoms with E-state index >= 15 is 0 Å². The van der Waals surface area contributed by atoms with E-state index in [9.17, 15) is 0 Å². The number of guanidine groups is 1. The van der Waals surface area contributed by atoms with E-state index in [2.05, 4.69) is 46.5 Å². The van der Waals surface area contributed by atoms with Gasteiger partial charge in [-0.25, -0.2) is 4.99 Å². The van der Waals surface area contributed by atoms with Crippen molar-refractivity contribution in [2.45, 2.75) is 49.7 Å². The lowest BCUT2D eigenvalue weighted by atomic mass is 9.65. The molecule has 1 saturated carbocycles. The number of nitrogens with one attached hydrogen (secondary N) is 1. The maximum Gasteiger partial charge on any atom is 0.189 e. The van der Waals surface area contributed by atoms with Gasteiger partial charge in [0.25, 0.3) is 0 Å². The number of hydrogen-bond donors (Lipinski definition) is 2. The minimum atomic E-state index is 0.141. The van der Waals surface area contributed by atoms with E-state index in [4.69, 9.17) is 15.2 Å². The number of ether oxygens (including phenoxy) is 2. The van der Waals surface area contributed by atoms with Crippen LogP contribution in [-0.4, -0.2) is 50.8 Å². The van der Waals surface area contributed by atoms with Crippen molar-refractivity contribution in [1.82, 2.24) is 10.2 Å². The molecule has 6 nitrogen and oxygen atoms in total. The lowest BCUT2D eigenvalue weighted by Gasteiger charge is -2.45. The first-order chi connectivity index (χ1) is 15.1. The Balaban J connectivity index is 1.48. The standard InChI is InChI=1S/C25H34N4O2/c1-29-14-13-25(19-9-10-21(30-2)22(15-19)31-3)12-11-20(16-23(25)29)28-24(26)27-17-18-7-5-4-6-8-18/h4-10,15,20,23H,11-14,16-17H2,1-3H3,(H3,26,27,28). The molecular formula is C25H34N4O2. The summed E-state index contributed by atoms with van der Waals surface area (Å²) in [4.78, 5) is 7.05. The monoisotopic (exact) mass is 422 g/mol. The van der Waals surface area contributed by atoms with Crippen molar-refractivity contribution in [3.05, 3.63) is 59.7 Å². The summed E-state index contributed by atoms with van der Waals surface area (Å²) < 4.78 is 11.0. The molecule has 1 aliphatic heterocycles. The maximum atomic E-state index is 6.23. The smallest absolute Gasteiger partial charge is 0.189 e. The van der Waals surface area contributed by atoms with Crippen LogP contribution in [0, 0.1) is 0 Å². The zero-order chi connectivity index (χ0) is 21.8. The first-order valence-corrected chi connectivity index (χ1v) is 11.1. The summed E-state index contributed by atoms with van der Waals surface area (Å²) in [6.45, 7) is 1.70. The van der Waals surface area contributed by atoms with Crippen LogP contribution in [0.3, 0.4) is 0 Å². The highest BCUT2D eigenvalue weighted by Crippen LogP contribution is 2.49. The molecule has 0 radical (unpaired) electrons. The largest absolute Gasteiger partial charge is 0.493 e. The molecule has 0 amide bonds. The highest BCUT2D eigenvalue weighted by molar-refractivity contribution is 5.78. The van der Waals surface area contributed by atoms with E-state index in [1.54, 1.807) is 14.2 Å². The van der Waals surface area contributed by atoms with Crippen molar-refractivity contribution in [2.75, 3.05) is 27.8 Å². The van der Waals surface area contributed by atoms with Gasteiger partial charge in [-0.2, -0.15) is 0 Å². The molecule has 31 heavy (non-hydrogen) atoms. The highest BCUT2D eigenvalue weighted by atomic mass is 16.5. The number of hydrogen-bond acceptors (Lipinski definition) is 4. The number of benzene rings is 2. The second-order valence-corrected chi connectivity index (χ2v) is 8.78. The van der Waals surface area contributed by atoms with Crippen LogP contribution in [0.4, 0.5) is 0 Å². The summed E-state index contributed by atoms with van der Waals surface area (Å²) in [5, 5.41) is 3.49. The molecular weight excluding hydrogens is 388 g/mol. The molecule has 2 fully saturated rings. The molecule has 2 aliphatic rings. The first kappa shape index (κ1) is 21.5. The molecule has 1 saturated heterocycles. The van der Waals surface area contributed by atoms with Gasteiger partial charge in [-0.15, -0.1) is 0 Å². The summed E-state index contributed by atoms with van der Waals surface area (Å²) in [5.41, 5.74) is 8.89. The molecule has 3 N–H and O–H groups in total. The van der Waals surface area contributed by atoms with Crippen molar-refractivity contribution < 1.29 is 9.47 Å². The molecule has 6 heteroatoms. The van der Waals surface area contributed by atoms with Gasteiger partial charge in [0.2, 0.25) is 0 Å². The normalized spacial score (nSPS) is 26.4. The molecule has 1 aliphatic carbocycles. The lowest BCUT2D eigenvalue weighted by molar-refractivity contribution is 0.161. The van der Waals surface area contributed by atoms with E-state index in [-0.39, 0.29) is 5.41 Å². The van der Waals surface area contributed by atoms with Crippen molar-refractivity contribution in [1.29, 1.82) is 0 Å². The van der Waals surface area contributed by atoms with E-state index in [0.717, 1.165) is 43.7 Å². The Morgan fingerprint density at radius 3 is 2.65 bits per heavy atom. The third-order valence-electron chi connectivity index (χ3n) is 7.11. The second kappa shape index (κ2) is 9.18. The fourth-order valence-corrected chi connectivity index (χ4v) is 5.41. The second-order valence-electron chi connectivity index (χ2n) is 8.78. The van der Waals surface area contributed by atoms with Gasteiger partial charge in [-0.1, -0.05) is 36.4 Å². The molecule has 4 rings (SSSR count). The van der Waals surface area contributed by atoms with E-state index in [0.29, 0.717) is 24.6 Å². The van der Waals surface area contributed by atoms with Gasteiger partial charge >= 0.3 is 0 Å². The van der Waals surface area contributed by atoms with Crippen LogP contribution in [0.25, 0.3) is 0 Å². The third-order valence-corrected chi connectivity index (χ3v) is 7.11. The average Bonchev–Trinajstić information content (AvgIpc) is 3.15. The van der Waals surface area contributed by atoms with E-state index in [1.165, 1.54) is 11.1 Å². The molecule has 3 atom stereocenters. The summed E-state index contributed by atoms with van der Waals surface area (Å²) in [6.07, 6.45) is 4.39. The topological polar surface area (TPSA) is 72.1 Å². The summed E-state index contributed by atoms with van der Waals surface area (Å²) in [5.74, 6) is 2.12. The van der Waals surface area contributed by atoms with E-state index < -0.39 is 0 Å². The van der Waals surface area contributed by atoms with Crippen molar-refractivity contribution in [3.63, 3.8) is 0 Å². The number of aliphatic imine (C=N–C) groups is 1. The van der Waals surface area contributed by atoms with Gasteiger partial charge < -0.3 is 25.4 Å². The molecule has 3 unspecified atom stereocenters. The van der Waals surface area contributed by atoms with Gasteiger partial charge in [0, 0.05) is 17.5 Å². The number of methoxy groups -OCH3 is 2. The molecule has 0 aromatic heterocycles. The quantitative estimate of drug-likeness (QED) is 0.552. The van der Waals surface area contributed by atoms with Gasteiger partial charge in [0.05, 0.1) is 20.8 Å². The SMILES string of the molecule is COc1ccc(C23CCC(NC(N)=NCc4ccccc4)CC2N(C)CC3)cc1OC. The molecule has 166 valence electrons. The Kier molecular flexibility index (Phi) is 6.37. The first-order valence-electron chi connectivity index (χ1n) is 11.1. The number of fused-ring (bicyclic) bond motifs is 1. The molecule has 2 aromatic rings. The predicted molar refractivity (Wildman–Crippen MR) is 125 cm³/mol. The van der Waals surface area contributed by atoms with Crippen LogP contribution < -0.4 is 20.5 Å². The number of nitrogens with two attached hydrogens (primary N) is 1. The molecule has 1 heterocycles. The highest BCUT2D eigenvalue weighted by Gasteiger charge is 2.50. The van der Waals surface area contributed by atoms with Crippen LogP contribution in [0.5, 0.6) is 11.5 Å². The average molecular weight is 423 g/mol. The fourth-order valence-electron chi connectivity index (χ4n) is 5.41. The Hall–Kier alpha value is -2.73. The van der Waals surface area contributed by atoms with Crippen molar-refractivity contribution in [3.8, 4) is 11.5 Å². The molecule has 2 aromatic carbocycles. The summed E-state index contributed by atoms with van der Waals surface area (Å²) in [6, 6.07) is 17.4. The van der Waals surface area contributed by atoms with Gasteiger partial charge in [0.15, 0.2) is 17.5 Å². The minimum Gasteiger partial charge on any atom is -0.493 e. The number of nitrogens with zero attached hydrogens (tertiary/aromatic N) is 2. The lowest BCUT2D eigenvalue weighted by Crippen LogP contribution is -2.52. The number of likely N-dealkylation sites (tertiary alicyclic amines) is 1. The van der Waals surface area contributed by atoms with Crippen molar-refractivity contribution in [2.24, 2.45) is 10.7 Å². The minimum absolute atomic E-state index is 0.141. The summed E-state index contributed by atoms with van der Waals surface area (Å²) >= 11 is 0. The van der Waals surface area contributed by atoms with Gasteiger partial charge in [0.1, 0.15) is 0 Å². The van der Waals surface area contributed by atoms with Crippen LogP contribution >= 0.6 is 0 Å².